The summed E-state index contributed by atoms with van der Waals surface area (Å²) in [4.78, 5) is 45.3. The summed E-state index contributed by atoms with van der Waals surface area (Å²) in [7, 11) is 0. The molecular formula is C29H30N6O5S. The number of nitrogens with zero attached hydrogens (tertiary/aromatic N) is 2. The Hall–Kier alpha value is -4.58. The monoisotopic (exact) mass is 574 g/mol. The smallest absolute Gasteiger partial charge is 0.273 e. The first-order valence-electron chi connectivity index (χ1n) is 13.6. The summed E-state index contributed by atoms with van der Waals surface area (Å²) < 4.78 is 15.6. The molecule has 2 aromatic carbocycles. The number of hydrogen-bond acceptors (Lipinski definition) is 8. The van der Waals surface area contributed by atoms with Gasteiger partial charge in [-0.2, -0.15) is 4.37 Å². The number of anilines is 2. The molecule has 2 aliphatic rings. The van der Waals surface area contributed by atoms with Gasteiger partial charge in [0.25, 0.3) is 11.8 Å². The number of ether oxygens (including phenoxy) is 2. The van der Waals surface area contributed by atoms with Crippen LogP contribution in [0.5, 0.6) is 11.5 Å². The molecule has 1 atom stereocenters. The minimum absolute atomic E-state index is 0.00360. The molecule has 3 amide bonds. The van der Waals surface area contributed by atoms with E-state index in [0.717, 1.165) is 54.5 Å². The van der Waals surface area contributed by atoms with E-state index in [1.165, 1.54) is 4.90 Å². The predicted molar refractivity (Wildman–Crippen MR) is 155 cm³/mol. The van der Waals surface area contributed by atoms with Gasteiger partial charge in [-0.3, -0.25) is 19.3 Å². The van der Waals surface area contributed by atoms with Crippen molar-refractivity contribution in [3.63, 3.8) is 0 Å². The van der Waals surface area contributed by atoms with Gasteiger partial charge in [0.1, 0.15) is 24.1 Å². The highest BCUT2D eigenvalue weighted by Gasteiger charge is 2.38. The van der Waals surface area contributed by atoms with Crippen molar-refractivity contribution in [1.82, 2.24) is 14.7 Å². The van der Waals surface area contributed by atoms with E-state index in [9.17, 15) is 14.4 Å². The lowest BCUT2D eigenvalue weighted by Crippen LogP contribution is -2.47. The largest absolute Gasteiger partial charge is 0.486 e. The Morgan fingerprint density at radius 3 is 2.56 bits per heavy atom. The molecule has 6 N–H and O–H groups in total. The number of primary amides is 1. The van der Waals surface area contributed by atoms with Crippen LogP contribution in [0.4, 0.5) is 11.4 Å². The van der Waals surface area contributed by atoms with Crippen molar-refractivity contribution in [2.45, 2.75) is 44.2 Å². The predicted octanol–water partition coefficient (Wildman–Crippen LogP) is 3.91. The molecule has 1 saturated carbocycles. The molecule has 12 heteroatoms. The highest BCUT2D eigenvalue weighted by molar-refractivity contribution is 7.09. The second-order valence-electron chi connectivity index (χ2n) is 10.2. The van der Waals surface area contributed by atoms with Gasteiger partial charge >= 0.3 is 0 Å². The SMILES string of the molecule is NC(=O)c1nsc(C(=O)N(c2ccc3c(c2)OCCO3)C(C(=O)NC2CCCCC2)c2c[nH]c3ccccc23)c1N. The van der Waals surface area contributed by atoms with Crippen LogP contribution in [0.15, 0.2) is 48.7 Å². The summed E-state index contributed by atoms with van der Waals surface area (Å²) in [5.41, 5.74) is 13.2. The van der Waals surface area contributed by atoms with Crippen LogP contribution >= 0.6 is 11.5 Å². The second kappa shape index (κ2) is 11.1. The summed E-state index contributed by atoms with van der Waals surface area (Å²) >= 11 is 0.768. The Balaban J connectivity index is 1.52. The van der Waals surface area contributed by atoms with Gasteiger partial charge < -0.3 is 31.2 Å². The van der Waals surface area contributed by atoms with Crippen LogP contribution in [0, 0.1) is 0 Å². The van der Waals surface area contributed by atoms with Crippen LogP contribution in [-0.4, -0.2) is 46.3 Å². The van der Waals surface area contributed by atoms with E-state index in [4.69, 9.17) is 20.9 Å². The third-order valence-electron chi connectivity index (χ3n) is 7.55. The Kier molecular flexibility index (Phi) is 7.23. The Morgan fingerprint density at radius 2 is 1.80 bits per heavy atom. The van der Waals surface area contributed by atoms with Crippen LogP contribution < -0.4 is 31.2 Å². The van der Waals surface area contributed by atoms with Crippen molar-refractivity contribution in [3.8, 4) is 11.5 Å². The van der Waals surface area contributed by atoms with Gasteiger partial charge in [0, 0.05) is 40.5 Å². The van der Waals surface area contributed by atoms with Gasteiger partial charge in [0.05, 0.1) is 5.69 Å². The van der Waals surface area contributed by atoms with E-state index in [0.29, 0.717) is 36.0 Å². The average Bonchev–Trinajstić information content (AvgIpc) is 3.59. The molecule has 1 aliphatic heterocycles. The first-order valence-corrected chi connectivity index (χ1v) is 14.3. The van der Waals surface area contributed by atoms with E-state index in [-0.39, 0.29) is 28.2 Å². The minimum Gasteiger partial charge on any atom is -0.486 e. The molecular weight excluding hydrogens is 544 g/mol. The number of nitrogens with two attached hydrogens (primary N) is 2. The number of nitrogen functional groups attached to an aromatic ring is 1. The molecule has 4 aromatic rings. The number of para-hydroxylation sites is 1. The van der Waals surface area contributed by atoms with Gasteiger partial charge in [-0.15, -0.1) is 0 Å². The van der Waals surface area contributed by atoms with Gasteiger partial charge in [-0.1, -0.05) is 37.5 Å². The fourth-order valence-corrected chi connectivity index (χ4v) is 6.29. The molecule has 0 spiro atoms. The van der Waals surface area contributed by atoms with E-state index in [2.05, 4.69) is 14.7 Å². The molecule has 2 aromatic heterocycles. The van der Waals surface area contributed by atoms with Crippen LogP contribution in [-0.2, 0) is 4.79 Å². The first kappa shape index (κ1) is 26.6. The number of hydrogen-bond donors (Lipinski definition) is 4. The van der Waals surface area contributed by atoms with Crippen molar-refractivity contribution in [3.05, 3.63) is 64.8 Å². The van der Waals surface area contributed by atoms with Crippen molar-refractivity contribution in [2.75, 3.05) is 23.8 Å². The Labute approximate surface area is 240 Å². The summed E-state index contributed by atoms with van der Waals surface area (Å²) in [6, 6.07) is 11.6. The number of amides is 3. The summed E-state index contributed by atoms with van der Waals surface area (Å²) in [5, 5.41) is 4.00. The zero-order valence-corrected chi connectivity index (χ0v) is 23.0. The van der Waals surface area contributed by atoms with E-state index >= 15 is 0 Å². The molecule has 11 nitrogen and oxygen atoms in total. The number of rotatable bonds is 7. The van der Waals surface area contributed by atoms with Crippen LogP contribution in [0.3, 0.4) is 0 Å². The number of H-pyrrole nitrogens is 1. The normalized spacial score (nSPS) is 15.8. The zero-order chi connectivity index (χ0) is 28.5. The quantitative estimate of drug-likeness (QED) is 0.260. The summed E-state index contributed by atoms with van der Waals surface area (Å²) in [6.45, 7) is 0.756. The average molecular weight is 575 g/mol. The first-order chi connectivity index (χ1) is 19.9. The molecule has 0 saturated heterocycles. The molecule has 1 aliphatic carbocycles. The topological polar surface area (TPSA) is 166 Å². The van der Waals surface area contributed by atoms with Crippen molar-refractivity contribution in [2.24, 2.45) is 5.73 Å². The molecule has 6 rings (SSSR count). The van der Waals surface area contributed by atoms with E-state index < -0.39 is 17.9 Å². The van der Waals surface area contributed by atoms with Gasteiger partial charge in [0.15, 0.2) is 17.2 Å². The van der Waals surface area contributed by atoms with Crippen LogP contribution in [0.25, 0.3) is 10.9 Å². The van der Waals surface area contributed by atoms with E-state index in [1.54, 1.807) is 24.4 Å². The highest BCUT2D eigenvalue weighted by atomic mass is 32.1. The standard InChI is InChI=1S/C29H30N6O5S/c30-23-24(27(31)36)34-41-26(23)29(38)35(17-10-11-21-22(14-17)40-13-12-39-21)25(28(37)33-16-6-2-1-3-7-16)19-15-32-20-9-5-4-8-18(19)20/h4-5,8-11,14-16,25,32H,1-3,6-7,12-13,30H2,(H2,31,36)(H,33,37). The summed E-state index contributed by atoms with van der Waals surface area (Å²) in [6.07, 6.45) is 6.68. The fraction of sp³-hybridized carbons (Fsp3) is 0.310. The number of aromatic amines is 1. The van der Waals surface area contributed by atoms with Crippen molar-refractivity contribution < 1.29 is 23.9 Å². The number of carbonyl (C=O) groups is 3. The lowest BCUT2D eigenvalue weighted by atomic mass is 9.94. The van der Waals surface area contributed by atoms with Crippen LogP contribution in [0.2, 0.25) is 0 Å². The van der Waals surface area contributed by atoms with Gasteiger partial charge in [-0.05, 0) is 42.6 Å². The fourth-order valence-electron chi connectivity index (χ4n) is 5.55. The number of benzene rings is 2. The number of nitrogens with one attached hydrogen (secondary N) is 2. The molecule has 3 heterocycles. The maximum atomic E-state index is 14.4. The molecule has 1 unspecified atom stereocenters. The van der Waals surface area contributed by atoms with Gasteiger partial charge in [0.2, 0.25) is 5.91 Å². The number of aromatic nitrogens is 2. The molecule has 1 fully saturated rings. The lowest BCUT2D eigenvalue weighted by molar-refractivity contribution is -0.123. The molecule has 0 bridgehead atoms. The maximum absolute atomic E-state index is 14.4. The molecule has 0 radical (unpaired) electrons. The van der Waals surface area contributed by atoms with Crippen molar-refractivity contribution >= 4 is 51.5 Å². The maximum Gasteiger partial charge on any atom is 0.273 e. The Bertz CT molecular complexity index is 1620. The summed E-state index contributed by atoms with van der Waals surface area (Å²) in [5.74, 6) is -0.781. The molecule has 212 valence electrons. The number of fused-ring (bicyclic) bond motifs is 2. The lowest BCUT2D eigenvalue weighted by Gasteiger charge is -2.33. The highest BCUT2D eigenvalue weighted by Crippen LogP contribution is 2.40. The van der Waals surface area contributed by atoms with Gasteiger partial charge in [-0.25, -0.2) is 0 Å². The third-order valence-corrected chi connectivity index (χ3v) is 8.40. The molecule has 41 heavy (non-hydrogen) atoms. The van der Waals surface area contributed by atoms with E-state index in [1.807, 2.05) is 24.3 Å². The Morgan fingerprint density at radius 1 is 1.05 bits per heavy atom. The zero-order valence-electron chi connectivity index (χ0n) is 22.2. The minimum atomic E-state index is -1.10. The van der Waals surface area contributed by atoms with Crippen LogP contribution in [0.1, 0.15) is 63.9 Å². The third kappa shape index (κ3) is 5.06. The second-order valence-corrected chi connectivity index (χ2v) is 11.0. The number of carbonyl (C=O) groups excluding carboxylic acids is 3. The van der Waals surface area contributed by atoms with Crippen molar-refractivity contribution in [1.29, 1.82) is 0 Å².